The van der Waals surface area contributed by atoms with Gasteiger partial charge in [-0.2, -0.15) is 0 Å². The zero-order valence-electron chi connectivity index (χ0n) is 9.85. The van der Waals surface area contributed by atoms with Crippen molar-refractivity contribution in [3.05, 3.63) is 29.3 Å². The predicted molar refractivity (Wildman–Crippen MR) is 69.0 cm³/mol. The minimum atomic E-state index is -1.49. The highest BCUT2D eigenvalue weighted by Crippen LogP contribution is 2.14. The number of ether oxygens (including phenoxy) is 1. The van der Waals surface area contributed by atoms with Gasteiger partial charge in [0, 0.05) is 9.92 Å². The zero-order chi connectivity index (χ0) is 13.5. The first kappa shape index (κ1) is 14.9. The maximum atomic E-state index is 11.8. The molecule has 0 spiro atoms. The van der Waals surface area contributed by atoms with E-state index in [0.29, 0.717) is 9.92 Å². The summed E-state index contributed by atoms with van der Waals surface area (Å²) in [5.41, 5.74) is 0. The van der Waals surface area contributed by atoms with Crippen LogP contribution in [0.1, 0.15) is 13.3 Å². The zero-order valence-corrected chi connectivity index (χ0v) is 11.4. The molecule has 0 bridgehead atoms. The Balaban J connectivity index is 2.55. The van der Waals surface area contributed by atoms with E-state index in [0.717, 1.165) is 0 Å². The summed E-state index contributed by atoms with van der Waals surface area (Å²) in [7, 11) is -1.49. The van der Waals surface area contributed by atoms with Gasteiger partial charge in [-0.15, -0.1) is 0 Å². The number of Topliss-reactive ketones (excluding diaryl/α,β-unsaturated/α-hetero) is 1. The first-order valence-corrected chi connectivity index (χ1v) is 7.04. The maximum Gasteiger partial charge on any atom is 0.313 e. The molecule has 0 aliphatic carbocycles. The Labute approximate surface area is 113 Å². The van der Waals surface area contributed by atoms with Crippen LogP contribution < -0.4 is 0 Å². The standard InChI is InChI=1S/C12H13ClO4S/c1-2-17-12(15)7-10(14)8-18(16)11-5-3-4-9(13)6-11/h3-6H,2,7-8H2,1H3. The van der Waals surface area contributed by atoms with Gasteiger partial charge in [0.05, 0.1) is 23.2 Å². The summed E-state index contributed by atoms with van der Waals surface area (Å²) in [5.74, 6) is -1.21. The van der Waals surface area contributed by atoms with Crippen molar-refractivity contribution in [2.24, 2.45) is 0 Å². The van der Waals surface area contributed by atoms with E-state index in [1.165, 1.54) is 6.07 Å². The Morgan fingerprint density at radius 1 is 1.39 bits per heavy atom. The molecule has 0 N–H and O–H groups in total. The Hall–Kier alpha value is -1.20. The molecule has 1 rings (SSSR count). The van der Waals surface area contributed by atoms with Gasteiger partial charge in [0.2, 0.25) is 0 Å². The third-order valence-corrected chi connectivity index (χ3v) is 3.60. The normalized spacial score (nSPS) is 11.9. The molecule has 18 heavy (non-hydrogen) atoms. The summed E-state index contributed by atoms with van der Waals surface area (Å²) < 4.78 is 16.5. The highest BCUT2D eigenvalue weighted by Gasteiger charge is 2.15. The number of hydrogen-bond donors (Lipinski definition) is 0. The van der Waals surface area contributed by atoms with Crippen molar-refractivity contribution >= 4 is 34.2 Å². The summed E-state index contributed by atoms with van der Waals surface area (Å²) in [6.07, 6.45) is -0.347. The number of halogens is 1. The quantitative estimate of drug-likeness (QED) is 0.593. The molecule has 1 aromatic rings. The molecule has 0 saturated heterocycles. The second-order valence-electron chi connectivity index (χ2n) is 3.47. The molecule has 0 aliphatic heterocycles. The van der Waals surface area contributed by atoms with Gasteiger partial charge in [-0.3, -0.25) is 13.8 Å². The average molecular weight is 289 g/mol. The van der Waals surface area contributed by atoms with Crippen LogP contribution in [0.3, 0.4) is 0 Å². The molecule has 0 fully saturated rings. The fraction of sp³-hybridized carbons (Fsp3) is 0.333. The molecule has 1 unspecified atom stereocenters. The van der Waals surface area contributed by atoms with Crippen molar-refractivity contribution in [1.29, 1.82) is 0 Å². The molecule has 0 amide bonds. The topological polar surface area (TPSA) is 60.4 Å². The van der Waals surface area contributed by atoms with Crippen LogP contribution in [0, 0.1) is 0 Å². The summed E-state index contributed by atoms with van der Waals surface area (Å²) in [5, 5.41) is 0.457. The van der Waals surface area contributed by atoms with E-state index in [1.807, 2.05) is 0 Å². The van der Waals surface area contributed by atoms with Crippen LogP contribution in [-0.4, -0.2) is 28.3 Å². The largest absolute Gasteiger partial charge is 0.466 e. The van der Waals surface area contributed by atoms with Gasteiger partial charge in [-0.1, -0.05) is 17.7 Å². The van der Waals surface area contributed by atoms with E-state index in [4.69, 9.17) is 11.6 Å². The minimum absolute atomic E-state index is 0.209. The summed E-state index contributed by atoms with van der Waals surface area (Å²) in [4.78, 5) is 23.0. The molecule has 6 heteroatoms. The molecule has 4 nitrogen and oxygen atoms in total. The van der Waals surface area contributed by atoms with Gasteiger partial charge < -0.3 is 4.74 Å². The number of carbonyl (C=O) groups excluding carboxylic acids is 2. The van der Waals surface area contributed by atoms with Crippen LogP contribution in [-0.2, 0) is 25.1 Å². The van der Waals surface area contributed by atoms with Crippen molar-refractivity contribution in [1.82, 2.24) is 0 Å². The van der Waals surface area contributed by atoms with E-state index in [-0.39, 0.29) is 18.8 Å². The highest BCUT2D eigenvalue weighted by atomic mass is 35.5. The van der Waals surface area contributed by atoms with Crippen LogP contribution in [0.15, 0.2) is 29.2 Å². The lowest BCUT2D eigenvalue weighted by atomic mass is 10.3. The van der Waals surface area contributed by atoms with Gasteiger partial charge in [-0.25, -0.2) is 0 Å². The maximum absolute atomic E-state index is 11.8. The van der Waals surface area contributed by atoms with Crippen molar-refractivity contribution in [2.75, 3.05) is 12.4 Å². The average Bonchev–Trinajstić information content (AvgIpc) is 2.28. The smallest absolute Gasteiger partial charge is 0.313 e. The van der Waals surface area contributed by atoms with Gasteiger partial charge in [0.15, 0.2) is 5.78 Å². The predicted octanol–water partition coefficient (Wildman–Crippen LogP) is 1.97. The fourth-order valence-electron chi connectivity index (χ4n) is 1.26. The molecule has 1 atom stereocenters. The monoisotopic (exact) mass is 288 g/mol. The third-order valence-electron chi connectivity index (χ3n) is 2.00. The van der Waals surface area contributed by atoms with Gasteiger partial charge in [0.25, 0.3) is 0 Å². The number of esters is 1. The Morgan fingerprint density at radius 2 is 2.11 bits per heavy atom. The van der Waals surface area contributed by atoms with Gasteiger partial charge in [-0.05, 0) is 25.1 Å². The van der Waals surface area contributed by atoms with Crippen LogP contribution in [0.5, 0.6) is 0 Å². The van der Waals surface area contributed by atoms with Crippen molar-refractivity contribution in [3.63, 3.8) is 0 Å². The lowest BCUT2D eigenvalue weighted by molar-refractivity contribution is -0.145. The minimum Gasteiger partial charge on any atom is -0.466 e. The molecular weight excluding hydrogens is 276 g/mol. The molecule has 0 aromatic heterocycles. The van der Waals surface area contributed by atoms with Crippen LogP contribution in [0.4, 0.5) is 0 Å². The molecule has 0 heterocycles. The lowest BCUT2D eigenvalue weighted by Gasteiger charge is -2.03. The second kappa shape index (κ2) is 7.28. The van der Waals surface area contributed by atoms with E-state index in [1.54, 1.807) is 25.1 Å². The summed E-state index contributed by atoms with van der Waals surface area (Å²) in [6, 6.07) is 6.48. The highest BCUT2D eigenvalue weighted by molar-refractivity contribution is 7.85. The fourth-order valence-corrected chi connectivity index (χ4v) is 2.57. The SMILES string of the molecule is CCOC(=O)CC(=O)CS(=O)c1cccc(Cl)c1. The number of ketones is 1. The number of benzene rings is 1. The summed E-state index contributed by atoms with van der Waals surface area (Å²) in [6.45, 7) is 1.88. The number of carbonyl (C=O) groups is 2. The number of hydrogen-bond acceptors (Lipinski definition) is 4. The van der Waals surface area contributed by atoms with Crippen molar-refractivity contribution < 1.29 is 18.5 Å². The third kappa shape index (κ3) is 4.98. The lowest BCUT2D eigenvalue weighted by Crippen LogP contribution is -2.17. The summed E-state index contributed by atoms with van der Waals surface area (Å²) >= 11 is 5.76. The van der Waals surface area contributed by atoms with E-state index in [2.05, 4.69) is 4.74 Å². The van der Waals surface area contributed by atoms with E-state index < -0.39 is 22.6 Å². The van der Waals surface area contributed by atoms with Gasteiger partial charge in [0.1, 0.15) is 6.42 Å². The second-order valence-corrected chi connectivity index (χ2v) is 5.36. The van der Waals surface area contributed by atoms with Crippen LogP contribution in [0.2, 0.25) is 5.02 Å². The molecule has 0 saturated carbocycles. The van der Waals surface area contributed by atoms with Crippen LogP contribution in [0.25, 0.3) is 0 Å². The van der Waals surface area contributed by atoms with Crippen molar-refractivity contribution in [2.45, 2.75) is 18.2 Å². The first-order chi connectivity index (χ1) is 8.52. The van der Waals surface area contributed by atoms with E-state index in [9.17, 15) is 13.8 Å². The Morgan fingerprint density at radius 3 is 2.72 bits per heavy atom. The molecule has 0 aliphatic rings. The van der Waals surface area contributed by atoms with Crippen LogP contribution >= 0.6 is 11.6 Å². The first-order valence-electron chi connectivity index (χ1n) is 5.34. The number of rotatable bonds is 6. The molecule has 1 aromatic carbocycles. The molecule has 98 valence electrons. The Bertz CT molecular complexity index is 473. The van der Waals surface area contributed by atoms with Gasteiger partial charge >= 0.3 is 5.97 Å². The molecular formula is C12H13ClO4S. The van der Waals surface area contributed by atoms with E-state index >= 15 is 0 Å². The van der Waals surface area contributed by atoms with Crippen molar-refractivity contribution in [3.8, 4) is 0 Å². The molecule has 0 radical (unpaired) electrons. The Kier molecular flexibility index (Phi) is 6.01.